The van der Waals surface area contributed by atoms with E-state index in [0.717, 1.165) is 22.4 Å². The van der Waals surface area contributed by atoms with Crippen molar-refractivity contribution < 1.29 is 9.47 Å². The third-order valence-electron chi connectivity index (χ3n) is 3.26. The summed E-state index contributed by atoms with van der Waals surface area (Å²) in [6, 6.07) is 13.7. The number of benzene rings is 2. The molecule has 0 unspecified atom stereocenters. The molecule has 0 saturated carbocycles. The topological polar surface area (TPSA) is 56.3 Å². The fraction of sp³-hybridized carbons (Fsp3) is 0.333. The molecule has 26 heavy (non-hydrogen) atoms. The van der Waals surface area contributed by atoms with Gasteiger partial charge in [-0.2, -0.15) is 0 Å². The van der Waals surface area contributed by atoms with Crippen molar-refractivity contribution in [3.63, 3.8) is 0 Å². The summed E-state index contributed by atoms with van der Waals surface area (Å²) in [6.07, 6.45) is 1.54. The second-order valence-electron chi connectivity index (χ2n) is 4.67. The maximum absolute atomic E-state index is 5.63. The van der Waals surface area contributed by atoms with Crippen LogP contribution < -0.4 is 14.8 Å². The second kappa shape index (κ2) is 11.7. The molecule has 5 heteroatoms. The Balaban J connectivity index is 0.000000791. The lowest BCUT2D eigenvalue weighted by atomic mass is 10.2. The van der Waals surface area contributed by atoms with Gasteiger partial charge in [-0.05, 0) is 25.1 Å². The Morgan fingerprint density at radius 1 is 0.923 bits per heavy atom. The molecule has 3 rings (SSSR count). The number of methoxy groups -OCH3 is 1. The zero-order valence-electron chi connectivity index (χ0n) is 16.5. The van der Waals surface area contributed by atoms with E-state index in [1.165, 1.54) is 6.33 Å². The fourth-order valence-corrected chi connectivity index (χ4v) is 2.25. The Morgan fingerprint density at radius 2 is 1.62 bits per heavy atom. The number of rotatable bonds is 5. The zero-order chi connectivity index (χ0) is 19.4. The van der Waals surface area contributed by atoms with Crippen LogP contribution in [0.2, 0.25) is 0 Å². The summed E-state index contributed by atoms with van der Waals surface area (Å²) in [5, 5.41) is 4.19. The number of nitrogens with one attached hydrogen (secondary N) is 1. The summed E-state index contributed by atoms with van der Waals surface area (Å²) in [4.78, 5) is 8.65. The minimum Gasteiger partial charge on any atom is -0.493 e. The van der Waals surface area contributed by atoms with E-state index in [4.69, 9.17) is 9.47 Å². The molecule has 0 radical (unpaired) electrons. The van der Waals surface area contributed by atoms with Gasteiger partial charge in [0.2, 0.25) is 0 Å². The molecular formula is C21H29N3O2. The normalized spacial score (nSPS) is 9.31. The van der Waals surface area contributed by atoms with Crippen LogP contribution in [0.5, 0.6) is 11.5 Å². The van der Waals surface area contributed by atoms with Crippen molar-refractivity contribution in [1.82, 2.24) is 9.97 Å². The zero-order valence-corrected chi connectivity index (χ0v) is 16.5. The summed E-state index contributed by atoms with van der Waals surface area (Å²) < 4.78 is 11.0. The van der Waals surface area contributed by atoms with Crippen LogP contribution in [0.3, 0.4) is 0 Å². The number of fused-ring (bicyclic) bond motifs is 1. The molecule has 0 fully saturated rings. The van der Waals surface area contributed by atoms with Crippen LogP contribution in [0.15, 0.2) is 48.8 Å². The summed E-state index contributed by atoms with van der Waals surface area (Å²) in [5.41, 5.74) is 1.77. The van der Waals surface area contributed by atoms with Crippen molar-refractivity contribution >= 4 is 22.4 Å². The predicted octanol–water partition coefficient (Wildman–Crippen LogP) is 5.83. The number of para-hydroxylation sites is 1. The summed E-state index contributed by atoms with van der Waals surface area (Å²) in [7, 11) is 1.62. The largest absolute Gasteiger partial charge is 0.493 e. The third kappa shape index (κ3) is 5.34. The highest BCUT2D eigenvalue weighted by Gasteiger charge is 2.11. The highest BCUT2D eigenvalue weighted by Crippen LogP contribution is 2.34. The average molecular weight is 355 g/mol. The lowest BCUT2D eigenvalue weighted by molar-refractivity contribution is 0.311. The molecule has 0 atom stereocenters. The van der Waals surface area contributed by atoms with Gasteiger partial charge in [0.15, 0.2) is 11.5 Å². The van der Waals surface area contributed by atoms with Crippen molar-refractivity contribution in [3.8, 4) is 11.5 Å². The fourth-order valence-electron chi connectivity index (χ4n) is 2.25. The molecule has 0 bridgehead atoms. The van der Waals surface area contributed by atoms with Crippen molar-refractivity contribution in [2.75, 3.05) is 19.0 Å². The Morgan fingerprint density at radius 3 is 2.23 bits per heavy atom. The SMILES string of the molecule is CC.CC.CCOc1cc2c(Nc3ccccc3)ncnc2cc1OC. The molecule has 0 amide bonds. The number of anilines is 2. The van der Waals surface area contributed by atoms with Gasteiger partial charge >= 0.3 is 0 Å². The van der Waals surface area contributed by atoms with Gasteiger partial charge in [0, 0.05) is 17.1 Å². The molecular weight excluding hydrogens is 326 g/mol. The second-order valence-corrected chi connectivity index (χ2v) is 4.67. The lowest BCUT2D eigenvalue weighted by Gasteiger charge is -2.13. The quantitative estimate of drug-likeness (QED) is 0.623. The van der Waals surface area contributed by atoms with E-state index in [-0.39, 0.29) is 0 Å². The minimum atomic E-state index is 0.566. The van der Waals surface area contributed by atoms with Crippen LogP contribution in [0.1, 0.15) is 34.6 Å². The van der Waals surface area contributed by atoms with E-state index >= 15 is 0 Å². The van der Waals surface area contributed by atoms with Crippen molar-refractivity contribution in [1.29, 1.82) is 0 Å². The van der Waals surface area contributed by atoms with Crippen LogP contribution in [-0.2, 0) is 0 Å². The number of nitrogens with zero attached hydrogens (tertiary/aromatic N) is 2. The molecule has 2 aromatic carbocycles. The third-order valence-corrected chi connectivity index (χ3v) is 3.26. The first kappa shape index (κ1) is 21.2. The van der Waals surface area contributed by atoms with Crippen molar-refractivity contribution in [2.45, 2.75) is 34.6 Å². The minimum absolute atomic E-state index is 0.566. The van der Waals surface area contributed by atoms with E-state index < -0.39 is 0 Å². The van der Waals surface area contributed by atoms with E-state index in [0.29, 0.717) is 18.1 Å². The Bertz CT molecular complexity index is 777. The number of aromatic nitrogens is 2. The Hall–Kier alpha value is -2.82. The molecule has 0 saturated heterocycles. The van der Waals surface area contributed by atoms with Crippen LogP contribution in [0.25, 0.3) is 10.9 Å². The molecule has 0 aliphatic heterocycles. The van der Waals surface area contributed by atoms with E-state index in [1.54, 1.807) is 7.11 Å². The maximum atomic E-state index is 5.63. The van der Waals surface area contributed by atoms with Gasteiger partial charge in [-0.15, -0.1) is 0 Å². The standard InChI is InChI=1S/C17H17N3O2.2C2H6/c1-3-22-16-9-13-14(10-15(16)21-2)18-11-19-17(13)20-12-7-5-4-6-8-12;2*1-2/h4-11H,3H2,1-2H3,(H,18,19,20);2*1-2H3. The van der Waals surface area contributed by atoms with Crippen molar-refractivity contribution in [3.05, 3.63) is 48.8 Å². The highest BCUT2D eigenvalue weighted by molar-refractivity contribution is 5.93. The van der Waals surface area contributed by atoms with Crippen LogP contribution in [0, 0.1) is 0 Å². The number of hydrogen-bond donors (Lipinski definition) is 1. The first-order valence-electron chi connectivity index (χ1n) is 9.09. The molecule has 1 heterocycles. The van der Waals surface area contributed by atoms with Crippen LogP contribution in [0.4, 0.5) is 11.5 Å². The molecule has 0 aliphatic rings. The van der Waals surface area contributed by atoms with Crippen LogP contribution >= 0.6 is 0 Å². The van der Waals surface area contributed by atoms with Gasteiger partial charge in [0.25, 0.3) is 0 Å². The van der Waals surface area contributed by atoms with Gasteiger partial charge in [0.1, 0.15) is 12.1 Å². The summed E-state index contributed by atoms with van der Waals surface area (Å²) in [5.74, 6) is 2.09. The van der Waals surface area contributed by atoms with Gasteiger partial charge in [-0.1, -0.05) is 45.9 Å². The molecule has 5 nitrogen and oxygen atoms in total. The average Bonchev–Trinajstić information content (AvgIpc) is 2.72. The first-order valence-corrected chi connectivity index (χ1v) is 9.09. The predicted molar refractivity (Wildman–Crippen MR) is 110 cm³/mol. The monoisotopic (exact) mass is 355 g/mol. The van der Waals surface area contributed by atoms with E-state index in [2.05, 4.69) is 15.3 Å². The van der Waals surface area contributed by atoms with Gasteiger partial charge in [-0.3, -0.25) is 0 Å². The first-order chi connectivity index (χ1) is 12.8. The highest BCUT2D eigenvalue weighted by atomic mass is 16.5. The molecule has 0 aliphatic carbocycles. The van der Waals surface area contributed by atoms with E-state index in [1.807, 2.05) is 77.1 Å². The maximum Gasteiger partial charge on any atom is 0.162 e. The summed E-state index contributed by atoms with van der Waals surface area (Å²) in [6.45, 7) is 10.5. The summed E-state index contributed by atoms with van der Waals surface area (Å²) >= 11 is 0. The van der Waals surface area contributed by atoms with Gasteiger partial charge in [0.05, 0.1) is 19.2 Å². The van der Waals surface area contributed by atoms with Crippen LogP contribution in [-0.4, -0.2) is 23.7 Å². The molecule has 3 aromatic rings. The number of hydrogen-bond acceptors (Lipinski definition) is 5. The molecule has 1 N–H and O–H groups in total. The molecule has 1 aromatic heterocycles. The smallest absolute Gasteiger partial charge is 0.162 e. The van der Waals surface area contributed by atoms with Crippen molar-refractivity contribution in [2.24, 2.45) is 0 Å². The van der Waals surface area contributed by atoms with Gasteiger partial charge in [-0.25, -0.2) is 9.97 Å². The Kier molecular flexibility index (Phi) is 9.54. The lowest BCUT2D eigenvalue weighted by Crippen LogP contribution is -1.99. The van der Waals surface area contributed by atoms with E-state index in [9.17, 15) is 0 Å². The Labute approximate surface area is 156 Å². The molecule has 0 spiro atoms. The van der Waals surface area contributed by atoms with Gasteiger partial charge < -0.3 is 14.8 Å². The number of ether oxygens (including phenoxy) is 2. The molecule has 140 valence electrons.